The summed E-state index contributed by atoms with van der Waals surface area (Å²) in [6, 6.07) is 0.327. The smallest absolute Gasteiger partial charge is 0.271 e. The standard InChI is InChI=1S/C13H24N6O/c1-9-11(14)12(19(4)16-9)13(20)15-7-10-8-17(2)5-6-18(10)3/h10H,5-8,14H2,1-4H3,(H,15,20). The van der Waals surface area contributed by atoms with Crippen LogP contribution in [-0.2, 0) is 7.05 Å². The minimum Gasteiger partial charge on any atom is -0.395 e. The highest BCUT2D eigenvalue weighted by Gasteiger charge is 2.24. The van der Waals surface area contributed by atoms with E-state index in [1.165, 1.54) is 4.68 Å². The summed E-state index contributed by atoms with van der Waals surface area (Å²) in [4.78, 5) is 16.8. The summed E-state index contributed by atoms with van der Waals surface area (Å²) < 4.78 is 1.54. The van der Waals surface area contributed by atoms with Gasteiger partial charge in [-0.1, -0.05) is 0 Å². The van der Waals surface area contributed by atoms with Crippen LogP contribution in [0.3, 0.4) is 0 Å². The van der Waals surface area contributed by atoms with Crippen LogP contribution >= 0.6 is 0 Å². The highest BCUT2D eigenvalue weighted by atomic mass is 16.2. The van der Waals surface area contributed by atoms with Gasteiger partial charge in [0.25, 0.3) is 5.91 Å². The number of aryl methyl sites for hydroxylation is 2. The third kappa shape index (κ3) is 2.94. The van der Waals surface area contributed by atoms with Gasteiger partial charge in [0.1, 0.15) is 5.69 Å². The van der Waals surface area contributed by atoms with Crippen molar-refractivity contribution in [2.24, 2.45) is 7.05 Å². The highest BCUT2D eigenvalue weighted by molar-refractivity contribution is 5.97. The molecule has 0 aliphatic carbocycles. The first-order chi connectivity index (χ1) is 9.40. The van der Waals surface area contributed by atoms with E-state index in [-0.39, 0.29) is 5.91 Å². The number of hydrogen-bond acceptors (Lipinski definition) is 5. The molecule has 2 heterocycles. The van der Waals surface area contributed by atoms with Gasteiger partial charge in [-0.05, 0) is 21.0 Å². The first-order valence-electron chi connectivity index (χ1n) is 6.86. The van der Waals surface area contributed by atoms with Crippen molar-refractivity contribution in [2.45, 2.75) is 13.0 Å². The summed E-state index contributed by atoms with van der Waals surface area (Å²) in [5.74, 6) is -0.160. The van der Waals surface area contributed by atoms with Crippen LogP contribution in [0, 0.1) is 6.92 Å². The molecule has 2 rings (SSSR count). The number of piperazine rings is 1. The maximum Gasteiger partial charge on any atom is 0.271 e. The van der Waals surface area contributed by atoms with Crippen molar-refractivity contribution in [2.75, 3.05) is 46.0 Å². The van der Waals surface area contributed by atoms with E-state index >= 15 is 0 Å². The Morgan fingerprint density at radius 2 is 2.10 bits per heavy atom. The van der Waals surface area contributed by atoms with E-state index in [0.29, 0.717) is 29.7 Å². The summed E-state index contributed by atoms with van der Waals surface area (Å²) in [5, 5.41) is 7.13. The van der Waals surface area contributed by atoms with Crippen molar-refractivity contribution in [3.05, 3.63) is 11.4 Å². The molecule has 112 valence electrons. The molecule has 1 fully saturated rings. The topological polar surface area (TPSA) is 79.4 Å². The first-order valence-corrected chi connectivity index (χ1v) is 6.86. The Kier molecular flexibility index (Phi) is 4.29. The van der Waals surface area contributed by atoms with E-state index in [1.807, 2.05) is 0 Å². The first kappa shape index (κ1) is 14.8. The van der Waals surface area contributed by atoms with E-state index in [0.717, 1.165) is 19.6 Å². The highest BCUT2D eigenvalue weighted by Crippen LogP contribution is 2.15. The molecule has 1 atom stereocenters. The summed E-state index contributed by atoms with van der Waals surface area (Å²) in [5.41, 5.74) is 7.48. The number of aromatic nitrogens is 2. The molecule has 1 amide bonds. The van der Waals surface area contributed by atoms with Crippen LogP contribution < -0.4 is 11.1 Å². The van der Waals surface area contributed by atoms with Crippen LogP contribution in [0.5, 0.6) is 0 Å². The molecular formula is C13H24N6O. The minimum absolute atomic E-state index is 0.160. The van der Waals surface area contributed by atoms with Crippen molar-refractivity contribution in [3.63, 3.8) is 0 Å². The maximum absolute atomic E-state index is 12.2. The Bertz CT molecular complexity index is 497. The zero-order chi connectivity index (χ0) is 14.9. The van der Waals surface area contributed by atoms with Gasteiger partial charge in [-0.25, -0.2) is 0 Å². The summed E-state index contributed by atoms with van der Waals surface area (Å²) >= 11 is 0. The molecule has 0 spiro atoms. The van der Waals surface area contributed by atoms with Crippen LogP contribution in [0.15, 0.2) is 0 Å². The predicted molar refractivity (Wildman–Crippen MR) is 78.6 cm³/mol. The van der Waals surface area contributed by atoms with Gasteiger partial charge in [0, 0.05) is 39.3 Å². The lowest BCUT2D eigenvalue weighted by Gasteiger charge is -2.37. The van der Waals surface area contributed by atoms with Crippen LogP contribution in [0.1, 0.15) is 16.2 Å². The van der Waals surface area contributed by atoms with Gasteiger partial charge in [-0.15, -0.1) is 0 Å². The van der Waals surface area contributed by atoms with E-state index in [2.05, 4.69) is 34.3 Å². The molecule has 1 aliphatic rings. The van der Waals surface area contributed by atoms with Gasteiger partial charge >= 0.3 is 0 Å². The molecule has 1 aromatic heterocycles. The monoisotopic (exact) mass is 280 g/mol. The number of carbonyl (C=O) groups is 1. The van der Waals surface area contributed by atoms with Crippen LogP contribution in [0.25, 0.3) is 0 Å². The van der Waals surface area contributed by atoms with Crippen LogP contribution in [0.2, 0.25) is 0 Å². The predicted octanol–water partition coefficient (Wildman–Crippen LogP) is -0.714. The van der Waals surface area contributed by atoms with Crippen molar-refractivity contribution in [1.82, 2.24) is 24.9 Å². The van der Waals surface area contributed by atoms with E-state index < -0.39 is 0 Å². The summed E-state index contributed by atoms with van der Waals surface area (Å²) in [6.45, 7) is 5.45. The van der Waals surface area contributed by atoms with Crippen molar-refractivity contribution < 1.29 is 4.79 Å². The number of nitrogens with zero attached hydrogens (tertiary/aromatic N) is 4. The van der Waals surface area contributed by atoms with Gasteiger partial charge < -0.3 is 16.0 Å². The van der Waals surface area contributed by atoms with Crippen LogP contribution in [0.4, 0.5) is 5.69 Å². The largest absolute Gasteiger partial charge is 0.395 e. The lowest BCUT2D eigenvalue weighted by Crippen LogP contribution is -2.54. The maximum atomic E-state index is 12.2. The average Bonchev–Trinajstić information content (AvgIpc) is 2.64. The average molecular weight is 280 g/mol. The third-order valence-electron chi connectivity index (χ3n) is 3.96. The Hall–Kier alpha value is -1.60. The number of likely N-dealkylation sites (N-methyl/N-ethyl adjacent to an activating group) is 2. The number of nitrogens with one attached hydrogen (secondary N) is 1. The van der Waals surface area contributed by atoms with Crippen molar-refractivity contribution in [3.8, 4) is 0 Å². The van der Waals surface area contributed by atoms with Gasteiger partial charge in [-0.3, -0.25) is 14.4 Å². The number of carbonyl (C=O) groups excluding carboxylic acids is 1. The summed E-state index contributed by atoms with van der Waals surface area (Å²) in [7, 11) is 5.93. The fourth-order valence-corrected chi connectivity index (χ4v) is 2.56. The van der Waals surface area contributed by atoms with E-state index in [9.17, 15) is 4.79 Å². The molecule has 7 nitrogen and oxygen atoms in total. The number of nitrogens with two attached hydrogens (primary N) is 1. The molecule has 0 aromatic carbocycles. The molecule has 1 saturated heterocycles. The van der Waals surface area contributed by atoms with Gasteiger partial charge in [0.05, 0.1) is 11.4 Å². The SMILES string of the molecule is Cc1nn(C)c(C(=O)NCC2CN(C)CCN2C)c1N. The molecule has 0 bridgehead atoms. The fourth-order valence-electron chi connectivity index (χ4n) is 2.56. The molecule has 7 heteroatoms. The quantitative estimate of drug-likeness (QED) is 0.764. The zero-order valence-corrected chi connectivity index (χ0v) is 12.7. The Morgan fingerprint density at radius 1 is 1.40 bits per heavy atom. The summed E-state index contributed by atoms with van der Waals surface area (Å²) in [6.07, 6.45) is 0. The van der Waals surface area contributed by atoms with E-state index in [1.54, 1.807) is 14.0 Å². The molecule has 3 N–H and O–H groups in total. The minimum atomic E-state index is -0.160. The molecule has 1 aromatic rings. The van der Waals surface area contributed by atoms with Crippen LogP contribution in [-0.4, -0.2) is 71.8 Å². The number of rotatable bonds is 3. The lowest BCUT2D eigenvalue weighted by molar-refractivity contribution is 0.0874. The Labute approximate surface area is 119 Å². The number of hydrogen-bond donors (Lipinski definition) is 2. The van der Waals surface area contributed by atoms with Crippen molar-refractivity contribution >= 4 is 11.6 Å². The van der Waals surface area contributed by atoms with E-state index in [4.69, 9.17) is 5.73 Å². The van der Waals surface area contributed by atoms with Crippen molar-refractivity contribution in [1.29, 1.82) is 0 Å². The second-order valence-electron chi connectivity index (χ2n) is 5.58. The second kappa shape index (κ2) is 5.80. The number of nitrogen functional groups attached to an aromatic ring is 1. The molecule has 1 unspecified atom stereocenters. The van der Waals surface area contributed by atoms with Gasteiger partial charge in [0.15, 0.2) is 0 Å². The Morgan fingerprint density at radius 3 is 2.70 bits per heavy atom. The molecule has 20 heavy (non-hydrogen) atoms. The van der Waals surface area contributed by atoms with Gasteiger partial charge in [0.2, 0.25) is 0 Å². The Balaban J connectivity index is 1.98. The molecular weight excluding hydrogens is 256 g/mol. The molecule has 1 aliphatic heterocycles. The third-order valence-corrected chi connectivity index (χ3v) is 3.96. The fraction of sp³-hybridized carbons (Fsp3) is 0.692. The normalized spacial score (nSPS) is 21.1. The second-order valence-corrected chi connectivity index (χ2v) is 5.58. The number of anilines is 1. The molecule has 0 saturated carbocycles. The zero-order valence-electron chi connectivity index (χ0n) is 12.7. The van der Waals surface area contributed by atoms with Gasteiger partial charge in [-0.2, -0.15) is 5.10 Å². The molecule has 0 radical (unpaired) electrons. The lowest BCUT2D eigenvalue weighted by atomic mass is 10.2. The number of amides is 1.